The van der Waals surface area contributed by atoms with Gasteiger partial charge in [-0.2, -0.15) is 0 Å². The number of benzene rings is 1. The molecule has 2 rings (SSSR count). The van der Waals surface area contributed by atoms with E-state index in [1.165, 1.54) is 24.8 Å². The van der Waals surface area contributed by atoms with E-state index in [0.29, 0.717) is 5.92 Å². The molecule has 0 amide bonds. The summed E-state index contributed by atoms with van der Waals surface area (Å²) in [6.45, 7) is 4.13. The molecule has 1 aromatic carbocycles. The second-order valence-corrected chi connectivity index (χ2v) is 5.49. The molecule has 0 radical (unpaired) electrons. The smallest absolute Gasteiger partial charge is 0.180 e. The van der Waals surface area contributed by atoms with Crippen LogP contribution in [0.4, 0.5) is 0 Å². The summed E-state index contributed by atoms with van der Waals surface area (Å²) in [6, 6.07) is 7.65. The number of hydrogen-bond donors (Lipinski definition) is 1. The molecule has 18 heavy (non-hydrogen) atoms. The van der Waals surface area contributed by atoms with Crippen LogP contribution in [-0.4, -0.2) is 11.8 Å². The van der Waals surface area contributed by atoms with Crippen molar-refractivity contribution in [3.05, 3.63) is 35.4 Å². The summed E-state index contributed by atoms with van der Waals surface area (Å²) in [5.41, 5.74) is 8.15. The van der Waals surface area contributed by atoms with Gasteiger partial charge in [-0.25, -0.2) is 0 Å². The predicted molar refractivity (Wildman–Crippen MR) is 74.8 cm³/mol. The van der Waals surface area contributed by atoms with Crippen LogP contribution in [0.3, 0.4) is 0 Å². The summed E-state index contributed by atoms with van der Waals surface area (Å²) < 4.78 is 0. The zero-order valence-corrected chi connectivity index (χ0v) is 11.4. The quantitative estimate of drug-likeness (QED) is 0.807. The van der Waals surface area contributed by atoms with E-state index in [2.05, 4.69) is 19.9 Å². The molecular weight excluding hydrogens is 222 g/mol. The minimum absolute atomic E-state index is 0.117. The average molecular weight is 245 g/mol. The first-order valence-electron chi connectivity index (χ1n) is 7.03. The van der Waals surface area contributed by atoms with E-state index in [1.807, 2.05) is 18.2 Å². The van der Waals surface area contributed by atoms with Crippen molar-refractivity contribution in [2.75, 3.05) is 0 Å². The van der Waals surface area contributed by atoms with E-state index in [9.17, 15) is 4.79 Å². The molecule has 0 bridgehead atoms. The lowest BCUT2D eigenvalue weighted by atomic mass is 9.76. The van der Waals surface area contributed by atoms with Crippen LogP contribution in [0.1, 0.15) is 61.4 Å². The van der Waals surface area contributed by atoms with Crippen molar-refractivity contribution < 1.29 is 4.79 Å². The van der Waals surface area contributed by atoms with Gasteiger partial charge in [-0.15, -0.1) is 0 Å². The molecule has 2 nitrogen and oxygen atoms in total. The maximum absolute atomic E-state index is 12.5. The molecule has 2 unspecified atom stereocenters. The third-order valence-corrected chi connectivity index (χ3v) is 4.33. The number of carbonyl (C=O) groups is 1. The Bertz CT molecular complexity index is 423. The highest BCUT2D eigenvalue weighted by Gasteiger charge is 2.27. The van der Waals surface area contributed by atoms with Gasteiger partial charge in [0.1, 0.15) is 0 Å². The molecule has 0 saturated heterocycles. The van der Waals surface area contributed by atoms with Crippen LogP contribution >= 0.6 is 0 Å². The second kappa shape index (κ2) is 5.66. The predicted octanol–water partition coefficient (Wildman–Crippen LogP) is 3.51. The number of Topliss-reactive ketones (excluding diaryl/α,β-unsaturated/α-hetero) is 1. The summed E-state index contributed by atoms with van der Waals surface area (Å²) in [6.07, 6.45) is 4.65. The monoisotopic (exact) mass is 245 g/mol. The first-order chi connectivity index (χ1) is 8.65. The lowest BCUT2D eigenvalue weighted by molar-refractivity contribution is 0.0933. The molecule has 1 aliphatic carbocycles. The molecule has 98 valence electrons. The van der Waals surface area contributed by atoms with Crippen molar-refractivity contribution in [1.82, 2.24) is 0 Å². The molecule has 1 fully saturated rings. The van der Waals surface area contributed by atoms with Gasteiger partial charge in [-0.05, 0) is 30.2 Å². The third-order valence-electron chi connectivity index (χ3n) is 4.33. The summed E-state index contributed by atoms with van der Waals surface area (Å²) in [7, 11) is 0. The van der Waals surface area contributed by atoms with Crippen molar-refractivity contribution >= 4 is 5.78 Å². The highest BCUT2D eigenvalue weighted by Crippen LogP contribution is 2.38. The SMILES string of the molecule is CCC(C)C(N)C(=O)c1ccccc1C1CCC1. The van der Waals surface area contributed by atoms with Crippen molar-refractivity contribution in [2.24, 2.45) is 11.7 Å². The van der Waals surface area contributed by atoms with Gasteiger partial charge >= 0.3 is 0 Å². The van der Waals surface area contributed by atoms with Crippen molar-refractivity contribution in [3.8, 4) is 0 Å². The first kappa shape index (κ1) is 13.3. The van der Waals surface area contributed by atoms with Crippen molar-refractivity contribution in [2.45, 2.75) is 51.5 Å². The summed E-state index contributed by atoms with van der Waals surface area (Å²) >= 11 is 0. The van der Waals surface area contributed by atoms with Gasteiger partial charge in [0.25, 0.3) is 0 Å². The summed E-state index contributed by atoms with van der Waals surface area (Å²) in [5.74, 6) is 0.938. The zero-order valence-electron chi connectivity index (χ0n) is 11.4. The van der Waals surface area contributed by atoms with Crippen LogP contribution in [-0.2, 0) is 0 Å². The van der Waals surface area contributed by atoms with E-state index in [-0.39, 0.29) is 17.7 Å². The molecule has 2 N–H and O–H groups in total. The van der Waals surface area contributed by atoms with E-state index < -0.39 is 0 Å². The summed E-state index contributed by atoms with van der Waals surface area (Å²) in [4.78, 5) is 12.5. The van der Waals surface area contributed by atoms with Gasteiger partial charge in [-0.1, -0.05) is 51.0 Å². The Balaban J connectivity index is 2.24. The lowest BCUT2D eigenvalue weighted by Crippen LogP contribution is -2.37. The topological polar surface area (TPSA) is 43.1 Å². The zero-order chi connectivity index (χ0) is 13.1. The van der Waals surface area contributed by atoms with Crippen LogP contribution in [0.25, 0.3) is 0 Å². The fraction of sp³-hybridized carbons (Fsp3) is 0.562. The van der Waals surface area contributed by atoms with E-state index in [0.717, 1.165) is 12.0 Å². The number of nitrogens with two attached hydrogens (primary N) is 1. The molecule has 2 heteroatoms. The van der Waals surface area contributed by atoms with Crippen molar-refractivity contribution in [1.29, 1.82) is 0 Å². The molecule has 0 aliphatic heterocycles. The van der Waals surface area contributed by atoms with Crippen LogP contribution in [0.2, 0.25) is 0 Å². The maximum Gasteiger partial charge on any atom is 0.180 e. The fourth-order valence-corrected chi connectivity index (χ4v) is 2.49. The lowest BCUT2D eigenvalue weighted by Gasteiger charge is -2.28. The Morgan fingerprint density at radius 2 is 2.06 bits per heavy atom. The molecule has 1 aromatic rings. The Morgan fingerprint density at radius 1 is 1.39 bits per heavy atom. The second-order valence-electron chi connectivity index (χ2n) is 5.49. The Morgan fingerprint density at radius 3 is 2.61 bits per heavy atom. The third kappa shape index (κ3) is 2.49. The van der Waals surface area contributed by atoms with Gasteiger partial charge in [-0.3, -0.25) is 4.79 Å². The molecule has 0 spiro atoms. The van der Waals surface area contributed by atoms with Gasteiger partial charge < -0.3 is 5.73 Å². The number of rotatable bonds is 5. The Labute approximate surface area is 110 Å². The molecule has 1 saturated carbocycles. The van der Waals surface area contributed by atoms with Gasteiger partial charge in [0, 0.05) is 5.56 Å². The largest absolute Gasteiger partial charge is 0.321 e. The minimum atomic E-state index is -0.365. The molecular formula is C16H23NO. The molecule has 1 aliphatic rings. The maximum atomic E-state index is 12.5. The van der Waals surface area contributed by atoms with Gasteiger partial charge in [0.05, 0.1) is 6.04 Å². The summed E-state index contributed by atoms with van der Waals surface area (Å²) in [5, 5.41) is 0. The standard InChI is InChI=1S/C16H23NO/c1-3-11(2)15(17)16(18)14-10-5-4-9-13(14)12-7-6-8-12/h4-5,9-12,15H,3,6-8,17H2,1-2H3. The van der Waals surface area contributed by atoms with Gasteiger partial charge in [0.2, 0.25) is 0 Å². The average Bonchev–Trinajstić information content (AvgIpc) is 2.35. The van der Waals surface area contributed by atoms with Crippen LogP contribution in [0.15, 0.2) is 24.3 Å². The highest BCUT2D eigenvalue weighted by atomic mass is 16.1. The minimum Gasteiger partial charge on any atom is -0.321 e. The van der Waals surface area contributed by atoms with Crippen LogP contribution in [0.5, 0.6) is 0 Å². The number of carbonyl (C=O) groups excluding carboxylic acids is 1. The van der Waals surface area contributed by atoms with E-state index >= 15 is 0 Å². The number of ketones is 1. The van der Waals surface area contributed by atoms with Crippen LogP contribution < -0.4 is 5.73 Å². The molecule has 0 heterocycles. The van der Waals surface area contributed by atoms with E-state index in [1.54, 1.807) is 0 Å². The Kier molecular flexibility index (Phi) is 4.18. The molecule has 0 aromatic heterocycles. The molecule has 2 atom stereocenters. The normalized spacial score (nSPS) is 19.1. The fourth-order valence-electron chi connectivity index (χ4n) is 2.49. The highest BCUT2D eigenvalue weighted by molar-refractivity contribution is 6.01. The first-order valence-corrected chi connectivity index (χ1v) is 7.03. The van der Waals surface area contributed by atoms with Crippen LogP contribution in [0, 0.1) is 5.92 Å². The van der Waals surface area contributed by atoms with Gasteiger partial charge in [0.15, 0.2) is 5.78 Å². The van der Waals surface area contributed by atoms with Crippen molar-refractivity contribution in [3.63, 3.8) is 0 Å². The van der Waals surface area contributed by atoms with E-state index in [4.69, 9.17) is 5.73 Å². The Hall–Kier alpha value is -1.15. The number of hydrogen-bond acceptors (Lipinski definition) is 2.